The van der Waals surface area contributed by atoms with Gasteiger partial charge in [-0.1, -0.05) is 78.3 Å². The smallest absolute Gasteiger partial charge is 0.326 e. The van der Waals surface area contributed by atoms with E-state index in [1.165, 1.54) is 0 Å². The fraction of sp³-hybridized carbons (Fsp3) is 0.0968. The monoisotopic (exact) mass is 525 g/mol. The maximum atomic E-state index is 12.9. The van der Waals surface area contributed by atoms with Crippen LogP contribution in [0.5, 0.6) is 5.75 Å². The van der Waals surface area contributed by atoms with Gasteiger partial charge in [-0.05, 0) is 58.7 Å². The number of hydrogen-bond acceptors (Lipinski definition) is 4. The molecule has 5 aromatic rings. The van der Waals surface area contributed by atoms with Crippen LogP contribution in [-0.4, -0.2) is 23.0 Å². The summed E-state index contributed by atoms with van der Waals surface area (Å²) in [7, 11) is 0. The molecule has 6 nitrogen and oxygen atoms in total. The largest absolute Gasteiger partial charge is 0.489 e. The van der Waals surface area contributed by atoms with E-state index in [1.807, 2.05) is 60.7 Å². The van der Waals surface area contributed by atoms with Gasteiger partial charge < -0.3 is 19.6 Å². The number of benzene rings is 4. The fourth-order valence-electron chi connectivity index (χ4n) is 4.09. The number of carbonyl (C=O) groups excluding carboxylic acids is 1. The van der Waals surface area contributed by atoms with Crippen molar-refractivity contribution in [1.29, 1.82) is 0 Å². The number of furan rings is 1. The summed E-state index contributed by atoms with van der Waals surface area (Å²) in [5.41, 5.74) is 4.20. The third-order valence-corrected chi connectivity index (χ3v) is 6.39. The fourth-order valence-corrected chi connectivity index (χ4v) is 4.22. The van der Waals surface area contributed by atoms with E-state index < -0.39 is 17.9 Å². The number of carbonyl (C=O) groups is 2. The van der Waals surface area contributed by atoms with Crippen LogP contribution in [0.15, 0.2) is 108 Å². The lowest BCUT2D eigenvalue weighted by molar-refractivity contribution is -0.139. The van der Waals surface area contributed by atoms with Gasteiger partial charge >= 0.3 is 5.97 Å². The summed E-state index contributed by atoms with van der Waals surface area (Å²) < 4.78 is 11.6. The minimum atomic E-state index is -1.14. The van der Waals surface area contributed by atoms with Crippen molar-refractivity contribution in [2.75, 3.05) is 0 Å². The Morgan fingerprint density at radius 2 is 1.55 bits per heavy atom. The van der Waals surface area contributed by atoms with Crippen molar-refractivity contribution in [3.63, 3.8) is 0 Å². The molecule has 0 aliphatic heterocycles. The first-order valence-electron chi connectivity index (χ1n) is 12.0. The number of fused-ring (bicyclic) bond motifs is 1. The number of carboxylic acid groups (broad SMARTS) is 1. The molecule has 0 aliphatic rings. The van der Waals surface area contributed by atoms with Crippen LogP contribution in [0, 0.1) is 0 Å². The van der Waals surface area contributed by atoms with Crippen LogP contribution in [0.25, 0.3) is 22.1 Å². The molecule has 38 heavy (non-hydrogen) atoms. The lowest BCUT2D eigenvalue weighted by atomic mass is 10.0. The number of halogens is 1. The molecule has 7 heteroatoms. The zero-order chi connectivity index (χ0) is 26.5. The number of carboxylic acids is 1. The van der Waals surface area contributed by atoms with E-state index in [1.54, 1.807) is 42.5 Å². The van der Waals surface area contributed by atoms with E-state index in [0.29, 0.717) is 23.0 Å². The Morgan fingerprint density at radius 3 is 2.26 bits per heavy atom. The van der Waals surface area contributed by atoms with E-state index >= 15 is 0 Å². The predicted octanol–water partition coefficient (Wildman–Crippen LogP) is 6.76. The number of nitrogens with one attached hydrogen (secondary N) is 1. The summed E-state index contributed by atoms with van der Waals surface area (Å²) in [6.07, 6.45) is 0.112. The molecule has 0 radical (unpaired) electrons. The van der Waals surface area contributed by atoms with Gasteiger partial charge in [-0.2, -0.15) is 0 Å². The van der Waals surface area contributed by atoms with Gasteiger partial charge in [0, 0.05) is 16.8 Å². The standard InChI is InChI=1S/C31H24ClNO5/c32-25-12-10-22(11-13-25)23-8-9-24-18-29(38-28(24)17-23)30(34)33-27(31(35)36)16-20-6-14-26(15-7-20)37-19-21-4-2-1-3-5-21/h1-15,17-18,27H,16,19H2,(H,33,34)(H,35,36)/t27-/m0/s1. The molecule has 1 amide bonds. The second-order valence-corrected chi connectivity index (χ2v) is 9.29. The van der Waals surface area contributed by atoms with Crippen LogP contribution in [0.4, 0.5) is 0 Å². The molecule has 0 bridgehead atoms. The Hall–Kier alpha value is -4.55. The third kappa shape index (κ3) is 6.05. The van der Waals surface area contributed by atoms with Crippen LogP contribution in [0.2, 0.25) is 5.02 Å². The summed E-state index contributed by atoms with van der Waals surface area (Å²) in [6.45, 7) is 0.437. The molecule has 1 heterocycles. The van der Waals surface area contributed by atoms with Gasteiger partial charge in [-0.3, -0.25) is 4.79 Å². The Balaban J connectivity index is 1.24. The highest BCUT2D eigenvalue weighted by Crippen LogP contribution is 2.28. The van der Waals surface area contributed by atoms with Crippen molar-refractivity contribution in [2.45, 2.75) is 19.1 Å². The number of rotatable bonds is 9. The summed E-state index contributed by atoms with van der Waals surface area (Å²) in [5, 5.41) is 13.7. The van der Waals surface area contributed by atoms with E-state index in [4.69, 9.17) is 20.8 Å². The van der Waals surface area contributed by atoms with Crippen LogP contribution in [0.3, 0.4) is 0 Å². The van der Waals surface area contributed by atoms with Gasteiger partial charge in [0.2, 0.25) is 0 Å². The number of amides is 1. The zero-order valence-corrected chi connectivity index (χ0v) is 21.0. The van der Waals surface area contributed by atoms with Gasteiger partial charge in [-0.25, -0.2) is 4.79 Å². The molecule has 1 aromatic heterocycles. The lowest BCUT2D eigenvalue weighted by Gasteiger charge is -2.14. The summed E-state index contributed by atoms with van der Waals surface area (Å²) in [6, 6.07) is 30.5. The average Bonchev–Trinajstić information content (AvgIpc) is 3.37. The average molecular weight is 526 g/mol. The van der Waals surface area contributed by atoms with Crippen molar-refractivity contribution in [3.05, 3.63) is 125 Å². The SMILES string of the molecule is O=C(N[C@@H](Cc1ccc(OCc2ccccc2)cc1)C(=O)O)c1cc2ccc(-c3ccc(Cl)cc3)cc2o1. The summed E-state index contributed by atoms with van der Waals surface area (Å²) in [4.78, 5) is 24.8. The maximum Gasteiger partial charge on any atom is 0.326 e. The Kier molecular flexibility index (Phi) is 7.43. The Morgan fingerprint density at radius 1 is 0.842 bits per heavy atom. The highest BCUT2D eigenvalue weighted by atomic mass is 35.5. The molecule has 0 saturated carbocycles. The molecule has 0 saturated heterocycles. The van der Waals surface area contributed by atoms with Crippen LogP contribution in [0.1, 0.15) is 21.7 Å². The summed E-state index contributed by atoms with van der Waals surface area (Å²) >= 11 is 5.98. The molecule has 190 valence electrons. The first-order valence-corrected chi connectivity index (χ1v) is 12.4. The van der Waals surface area contributed by atoms with Gasteiger partial charge in [-0.15, -0.1) is 0 Å². The quantitative estimate of drug-likeness (QED) is 0.222. The first kappa shape index (κ1) is 25.1. The van der Waals surface area contributed by atoms with Crippen molar-refractivity contribution in [1.82, 2.24) is 5.32 Å². The minimum Gasteiger partial charge on any atom is -0.489 e. The van der Waals surface area contributed by atoms with Gasteiger partial charge in [0.25, 0.3) is 5.91 Å². The maximum absolute atomic E-state index is 12.9. The van der Waals surface area contributed by atoms with Crippen molar-refractivity contribution in [2.24, 2.45) is 0 Å². The molecule has 0 unspecified atom stereocenters. The van der Waals surface area contributed by atoms with Crippen LogP contribution in [-0.2, 0) is 17.8 Å². The number of aliphatic carboxylic acids is 1. The van der Waals surface area contributed by atoms with Crippen molar-refractivity contribution < 1.29 is 23.8 Å². The Labute approximate surface area is 224 Å². The summed E-state index contributed by atoms with van der Waals surface area (Å²) in [5.74, 6) is -1.01. The van der Waals surface area contributed by atoms with Crippen LogP contribution < -0.4 is 10.1 Å². The van der Waals surface area contributed by atoms with E-state index in [-0.39, 0.29) is 12.2 Å². The van der Waals surface area contributed by atoms with E-state index in [2.05, 4.69) is 5.32 Å². The number of hydrogen-bond donors (Lipinski definition) is 2. The Bertz CT molecular complexity index is 1560. The highest BCUT2D eigenvalue weighted by molar-refractivity contribution is 6.30. The minimum absolute atomic E-state index is 0.0455. The van der Waals surface area contributed by atoms with Crippen molar-refractivity contribution >= 4 is 34.4 Å². The molecule has 0 fully saturated rings. The molecule has 2 N–H and O–H groups in total. The molecule has 1 atom stereocenters. The number of ether oxygens (including phenoxy) is 1. The van der Waals surface area contributed by atoms with Gasteiger partial charge in [0.05, 0.1) is 0 Å². The molecular formula is C31H24ClNO5. The van der Waals surface area contributed by atoms with Crippen molar-refractivity contribution in [3.8, 4) is 16.9 Å². The third-order valence-electron chi connectivity index (χ3n) is 6.14. The second-order valence-electron chi connectivity index (χ2n) is 8.86. The molecule has 0 spiro atoms. The van der Waals surface area contributed by atoms with Crippen LogP contribution >= 0.6 is 11.6 Å². The molecule has 0 aliphatic carbocycles. The van der Waals surface area contributed by atoms with Gasteiger partial charge in [0.1, 0.15) is 24.0 Å². The predicted molar refractivity (Wildman–Crippen MR) is 146 cm³/mol. The zero-order valence-electron chi connectivity index (χ0n) is 20.3. The van der Waals surface area contributed by atoms with Gasteiger partial charge in [0.15, 0.2) is 5.76 Å². The molecule has 5 rings (SSSR count). The molecular weight excluding hydrogens is 502 g/mol. The topological polar surface area (TPSA) is 88.8 Å². The van der Waals surface area contributed by atoms with E-state index in [9.17, 15) is 14.7 Å². The van der Waals surface area contributed by atoms with E-state index in [0.717, 1.165) is 27.6 Å². The lowest BCUT2D eigenvalue weighted by Crippen LogP contribution is -2.42. The highest BCUT2D eigenvalue weighted by Gasteiger charge is 2.23. The normalized spacial score (nSPS) is 11.7. The first-order chi connectivity index (χ1) is 18.4. The second kappa shape index (κ2) is 11.2. The molecule has 4 aromatic carbocycles.